The molecule has 1 N–H and O–H groups in total. The van der Waals surface area contributed by atoms with Crippen molar-refractivity contribution in [1.29, 1.82) is 0 Å². The number of hydrogen-bond donors (Lipinski definition) is 1. The number of nitrogens with zero attached hydrogens (tertiary/aromatic N) is 5. The van der Waals surface area contributed by atoms with Crippen molar-refractivity contribution in [2.75, 3.05) is 18.0 Å². The van der Waals surface area contributed by atoms with Crippen LogP contribution in [0.25, 0.3) is 10.2 Å². The van der Waals surface area contributed by atoms with E-state index in [1.165, 1.54) is 15.8 Å². The van der Waals surface area contributed by atoms with Gasteiger partial charge in [0.2, 0.25) is 5.89 Å². The monoisotopic (exact) mass is 386 g/mol. The van der Waals surface area contributed by atoms with Crippen LogP contribution in [0, 0.1) is 13.8 Å². The Bertz CT molecular complexity index is 928. The first-order chi connectivity index (χ1) is 13.1. The Morgan fingerprint density at radius 1 is 1.30 bits per heavy atom. The molecule has 0 amide bonds. The summed E-state index contributed by atoms with van der Waals surface area (Å²) in [5.74, 6) is 2.52. The van der Waals surface area contributed by atoms with Crippen molar-refractivity contribution in [1.82, 2.24) is 25.4 Å². The number of aromatic nitrogens is 4. The molecule has 3 aromatic heterocycles. The molecule has 3 aromatic rings. The van der Waals surface area contributed by atoms with Gasteiger partial charge in [-0.25, -0.2) is 9.97 Å². The highest BCUT2D eigenvalue weighted by atomic mass is 32.1. The van der Waals surface area contributed by atoms with Gasteiger partial charge in [0.05, 0.1) is 11.4 Å². The second kappa shape index (κ2) is 7.52. The molecule has 1 fully saturated rings. The van der Waals surface area contributed by atoms with Gasteiger partial charge in [-0.05, 0) is 39.2 Å². The Morgan fingerprint density at radius 3 is 2.78 bits per heavy atom. The molecule has 4 rings (SSSR count). The minimum absolute atomic E-state index is 0.0712. The van der Waals surface area contributed by atoms with E-state index in [9.17, 15) is 0 Å². The van der Waals surface area contributed by atoms with Crippen molar-refractivity contribution in [3.63, 3.8) is 0 Å². The molecule has 1 atom stereocenters. The van der Waals surface area contributed by atoms with Crippen LogP contribution in [0.5, 0.6) is 0 Å². The van der Waals surface area contributed by atoms with E-state index in [-0.39, 0.29) is 6.04 Å². The lowest BCUT2D eigenvalue weighted by atomic mass is 10.0. The zero-order chi connectivity index (χ0) is 19.0. The third-order valence-electron chi connectivity index (χ3n) is 5.40. The Hall–Kier alpha value is -2.06. The van der Waals surface area contributed by atoms with Gasteiger partial charge in [-0.15, -0.1) is 11.3 Å². The predicted octanol–water partition coefficient (Wildman–Crippen LogP) is 3.57. The van der Waals surface area contributed by atoms with Crippen LogP contribution in [0.3, 0.4) is 0 Å². The number of piperidine rings is 1. The van der Waals surface area contributed by atoms with Gasteiger partial charge in [0.15, 0.2) is 5.82 Å². The molecule has 0 aliphatic carbocycles. The Labute approximate surface area is 163 Å². The molecule has 0 radical (unpaired) electrons. The molecule has 8 heteroatoms. The molecular weight excluding hydrogens is 360 g/mol. The maximum Gasteiger partial charge on any atom is 0.243 e. The molecule has 0 spiro atoms. The minimum atomic E-state index is 0.0712. The van der Waals surface area contributed by atoms with E-state index in [0.29, 0.717) is 11.9 Å². The van der Waals surface area contributed by atoms with Crippen molar-refractivity contribution in [2.45, 2.75) is 59.0 Å². The molecule has 0 unspecified atom stereocenters. The maximum atomic E-state index is 5.36. The van der Waals surface area contributed by atoms with E-state index in [4.69, 9.17) is 4.52 Å². The highest BCUT2D eigenvalue weighted by molar-refractivity contribution is 7.18. The van der Waals surface area contributed by atoms with Crippen molar-refractivity contribution < 1.29 is 4.52 Å². The third-order valence-corrected chi connectivity index (χ3v) is 6.51. The van der Waals surface area contributed by atoms with Crippen molar-refractivity contribution in [2.24, 2.45) is 0 Å². The van der Waals surface area contributed by atoms with Crippen molar-refractivity contribution in [3.05, 3.63) is 28.5 Å². The number of aryl methyl sites for hydroxylation is 3. The lowest BCUT2D eigenvalue weighted by molar-refractivity contribution is 0.304. The van der Waals surface area contributed by atoms with Gasteiger partial charge >= 0.3 is 0 Å². The van der Waals surface area contributed by atoms with Gasteiger partial charge in [-0.3, -0.25) is 0 Å². The maximum absolute atomic E-state index is 5.36. The molecule has 144 valence electrons. The van der Waals surface area contributed by atoms with Gasteiger partial charge in [0.1, 0.15) is 17.0 Å². The van der Waals surface area contributed by atoms with Crippen LogP contribution in [0.15, 0.2) is 10.9 Å². The molecule has 1 aliphatic heterocycles. The van der Waals surface area contributed by atoms with E-state index < -0.39 is 0 Å². The second-order valence-electron chi connectivity index (χ2n) is 7.21. The van der Waals surface area contributed by atoms with Crippen molar-refractivity contribution in [3.8, 4) is 0 Å². The van der Waals surface area contributed by atoms with Crippen LogP contribution >= 0.6 is 11.3 Å². The fourth-order valence-electron chi connectivity index (χ4n) is 3.67. The predicted molar refractivity (Wildman–Crippen MR) is 107 cm³/mol. The van der Waals surface area contributed by atoms with Crippen LogP contribution in [-0.2, 0) is 6.42 Å². The van der Waals surface area contributed by atoms with Crippen LogP contribution in [0.4, 0.5) is 5.82 Å². The van der Waals surface area contributed by atoms with Gasteiger partial charge in [0.25, 0.3) is 0 Å². The molecule has 0 saturated carbocycles. The molecular formula is C19H26N6OS. The SMILES string of the molecule is CCc1noc([C@@H](C)NC2CCN(c3ncnc4sc(C)c(C)c34)CC2)n1. The first kappa shape index (κ1) is 18.3. The average Bonchev–Trinajstić information content (AvgIpc) is 3.27. The van der Waals surface area contributed by atoms with Crippen LogP contribution in [0.2, 0.25) is 0 Å². The summed E-state index contributed by atoms with van der Waals surface area (Å²) in [6.07, 6.45) is 4.61. The minimum Gasteiger partial charge on any atom is -0.356 e. The van der Waals surface area contributed by atoms with Crippen LogP contribution in [-0.4, -0.2) is 39.2 Å². The number of anilines is 1. The van der Waals surface area contributed by atoms with E-state index in [1.807, 2.05) is 6.92 Å². The number of rotatable bonds is 5. The summed E-state index contributed by atoms with van der Waals surface area (Å²) in [6.45, 7) is 10.4. The zero-order valence-corrected chi connectivity index (χ0v) is 17.1. The van der Waals surface area contributed by atoms with Gasteiger partial charge in [0, 0.05) is 30.4 Å². The number of hydrogen-bond acceptors (Lipinski definition) is 8. The molecule has 1 saturated heterocycles. The fourth-order valence-corrected chi connectivity index (χ4v) is 4.66. The molecule has 7 nitrogen and oxygen atoms in total. The highest BCUT2D eigenvalue weighted by Crippen LogP contribution is 2.35. The molecule has 27 heavy (non-hydrogen) atoms. The normalized spacial score (nSPS) is 17.0. The lowest BCUT2D eigenvalue weighted by Crippen LogP contribution is -2.43. The standard InChI is InChI=1S/C19H26N6OS/c1-5-15-23-18(26-24-15)12(3)22-14-6-8-25(9-7-14)17-16-11(2)13(4)27-19(16)21-10-20-17/h10,12,14,22H,5-9H2,1-4H3/t12-/m1/s1. The summed E-state index contributed by atoms with van der Waals surface area (Å²) < 4.78 is 5.36. The third kappa shape index (κ3) is 3.55. The smallest absolute Gasteiger partial charge is 0.243 e. The first-order valence-electron chi connectivity index (χ1n) is 9.61. The summed E-state index contributed by atoms with van der Waals surface area (Å²) in [4.78, 5) is 18.3. The van der Waals surface area contributed by atoms with Crippen molar-refractivity contribution >= 4 is 27.4 Å². The number of nitrogens with one attached hydrogen (secondary N) is 1. The summed E-state index contributed by atoms with van der Waals surface area (Å²) in [6, 6.07) is 0.512. The second-order valence-corrected chi connectivity index (χ2v) is 8.42. The fraction of sp³-hybridized carbons (Fsp3) is 0.579. The topological polar surface area (TPSA) is 80.0 Å². The van der Waals surface area contributed by atoms with Crippen LogP contribution in [0.1, 0.15) is 54.9 Å². The van der Waals surface area contributed by atoms with Gasteiger partial charge in [-0.2, -0.15) is 4.98 Å². The number of thiophene rings is 1. The van der Waals surface area contributed by atoms with Gasteiger partial charge < -0.3 is 14.7 Å². The van der Waals surface area contributed by atoms with Gasteiger partial charge in [-0.1, -0.05) is 12.1 Å². The summed E-state index contributed by atoms with van der Waals surface area (Å²) in [7, 11) is 0. The number of fused-ring (bicyclic) bond motifs is 1. The summed E-state index contributed by atoms with van der Waals surface area (Å²) in [5, 5.41) is 8.86. The molecule has 0 bridgehead atoms. The Morgan fingerprint density at radius 2 is 2.07 bits per heavy atom. The van der Waals surface area contributed by atoms with E-state index in [0.717, 1.165) is 48.8 Å². The Kier molecular flexibility index (Phi) is 5.10. The molecule has 0 aromatic carbocycles. The first-order valence-corrected chi connectivity index (χ1v) is 10.4. The highest BCUT2D eigenvalue weighted by Gasteiger charge is 2.25. The molecule has 4 heterocycles. The lowest BCUT2D eigenvalue weighted by Gasteiger charge is -2.34. The van der Waals surface area contributed by atoms with Crippen LogP contribution < -0.4 is 10.2 Å². The summed E-state index contributed by atoms with van der Waals surface area (Å²) >= 11 is 1.75. The largest absolute Gasteiger partial charge is 0.356 e. The average molecular weight is 387 g/mol. The Balaban J connectivity index is 1.42. The summed E-state index contributed by atoms with van der Waals surface area (Å²) in [5.41, 5.74) is 1.31. The zero-order valence-electron chi connectivity index (χ0n) is 16.3. The van der Waals surface area contributed by atoms with E-state index in [1.54, 1.807) is 17.7 Å². The van der Waals surface area contributed by atoms with E-state index in [2.05, 4.69) is 51.1 Å². The van der Waals surface area contributed by atoms with E-state index >= 15 is 0 Å². The molecule has 1 aliphatic rings. The quantitative estimate of drug-likeness (QED) is 0.718.